The summed E-state index contributed by atoms with van der Waals surface area (Å²) < 4.78 is 0. The number of piperazine rings is 1. The van der Waals surface area contributed by atoms with Gasteiger partial charge in [0, 0.05) is 57.1 Å². The molecule has 0 saturated carbocycles. The van der Waals surface area contributed by atoms with Gasteiger partial charge in [0.1, 0.15) is 0 Å². The summed E-state index contributed by atoms with van der Waals surface area (Å²) in [4.78, 5) is 45.1. The molecule has 166 valence electrons. The smallest absolute Gasteiger partial charge is 0.342 e. The van der Waals surface area contributed by atoms with E-state index in [0.29, 0.717) is 17.1 Å². The molecule has 3 aliphatic heterocycles. The minimum Gasteiger partial charge on any atom is -0.368 e. The lowest BCUT2D eigenvalue weighted by Gasteiger charge is -2.36. The van der Waals surface area contributed by atoms with E-state index in [4.69, 9.17) is 11.6 Å². The number of hydrogen-bond acceptors (Lipinski definition) is 6. The first-order valence-corrected chi connectivity index (χ1v) is 11.0. The molecule has 3 aliphatic rings. The molecule has 32 heavy (non-hydrogen) atoms. The van der Waals surface area contributed by atoms with Crippen LogP contribution in [0, 0.1) is 0 Å². The average Bonchev–Trinajstić information content (AvgIpc) is 3.10. The van der Waals surface area contributed by atoms with Gasteiger partial charge in [0.2, 0.25) is 5.91 Å². The second-order valence-electron chi connectivity index (χ2n) is 8.17. The summed E-state index contributed by atoms with van der Waals surface area (Å²) in [5, 5.41) is 5.69. The highest BCUT2D eigenvalue weighted by atomic mass is 35.5. The van der Waals surface area contributed by atoms with Crippen LogP contribution in [-0.4, -0.2) is 70.5 Å². The number of fused-ring (bicyclic) bond motifs is 1. The van der Waals surface area contributed by atoms with E-state index in [1.165, 1.54) is 10.0 Å². The van der Waals surface area contributed by atoms with E-state index in [2.05, 4.69) is 20.1 Å². The summed E-state index contributed by atoms with van der Waals surface area (Å²) in [5.41, 5.74) is 3.66. The first kappa shape index (κ1) is 20.7. The normalized spacial score (nSPS) is 19.4. The Kier molecular flexibility index (Phi) is 5.44. The SMILES string of the molecule is O=C1CCN(N2Cc3cc(CN4CCN(c5ccncc5Cl)CC4)ccc3C2=O)C(=O)N1. The van der Waals surface area contributed by atoms with Gasteiger partial charge in [0.05, 0.1) is 23.8 Å². The van der Waals surface area contributed by atoms with Crippen LogP contribution in [-0.2, 0) is 17.9 Å². The molecule has 0 aliphatic carbocycles. The fourth-order valence-corrected chi connectivity index (χ4v) is 4.71. The molecular weight excluding hydrogens is 432 g/mol. The van der Waals surface area contributed by atoms with Gasteiger partial charge in [-0.05, 0) is 23.3 Å². The zero-order chi connectivity index (χ0) is 22.2. The number of nitrogens with one attached hydrogen (secondary N) is 1. The van der Waals surface area contributed by atoms with Crippen LogP contribution in [0.25, 0.3) is 0 Å². The molecule has 2 aromatic rings. The summed E-state index contributed by atoms with van der Waals surface area (Å²) in [6.45, 7) is 4.90. The molecule has 4 heterocycles. The fourth-order valence-electron chi connectivity index (χ4n) is 4.47. The number of carbonyl (C=O) groups excluding carboxylic acids is 3. The van der Waals surface area contributed by atoms with E-state index >= 15 is 0 Å². The Morgan fingerprint density at radius 2 is 1.81 bits per heavy atom. The molecule has 10 heteroatoms. The Hall–Kier alpha value is -3.17. The van der Waals surface area contributed by atoms with Gasteiger partial charge < -0.3 is 4.90 Å². The van der Waals surface area contributed by atoms with Crippen LogP contribution in [0.15, 0.2) is 36.7 Å². The summed E-state index contributed by atoms with van der Waals surface area (Å²) >= 11 is 6.28. The van der Waals surface area contributed by atoms with Crippen molar-refractivity contribution >= 4 is 35.1 Å². The molecule has 0 atom stereocenters. The minimum absolute atomic E-state index is 0.188. The summed E-state index contributed by atoms with van der Waals surface area (Å²) in [5.74, 6) is -0.525. The summed E-state index contributed by atoms with van der Waals surface area (Å²) in [6.07, 6.45) is 3.62. The molecule has 0 radical (unpaired) electrons. The standard InChI is InChI=1S/C22H23ClN6O3/c23-18-12-24-5-3-19(18)27-9-7-26(8-10-27)13-15-1-2-17-16(11-15)14-29(21(17)31)28-6-4-20(30)25-22(28)32/h1-3,5,11-12H,4,6-10,13-14H2,(H,25,30,32). The van der Waals surface area contributed by atoms with Crippen molar-refractivity contribution in [2.24, 2.45) is 0 Å². The van der Waals surface area contributed by atoms with Crippen LogP contribution >= 0.6 is 11.6 Å². The maximum atomic E-state index is 12.8. The number of halogens is 1. The van der Waals surface area contributed by atoms with Crippen molar-refractivity contribution in [2.45, 2.75) is 19.5 Å². The minimum atomic E-state index is -0.546. The third-order valence-electron chi connectivity index (χ3n) is 6.15. The van der Waals surface area contributed by atoms with Crippen molar-refractivity contribution in [3.05, 3.63) is 58.4 Å². The topological polar surface area (TPSA) is 89.1 Å². The Morgan fingerprint density at radius 3 is 2.56 bits per heavy atom. The van der Waals surface area contributed by atoms with Gasteiger partial charge in [-0.1, -0.05) is 23.7 Å². The number of amides is 4. The molecule has 1 aromatic carbocycles. The largest absolute Gasteiger partial charge is 0.368 e. The lowest BCUT2D eigenvalue weighted by Crippen LogP contribution is -2.56. The molecule has 2 fully saturated rings. The average molecular weight is 455 g/mol. The van der Waals surface area contributed by atoms with Crippen molar-refractivity contribution in [1.82, 2.24) is 25.2 Å². The van der Waals surface area contributed by atoms with Crippen LogP contribution in [0.1, 0.15) is 27.9 Å². The van der Waals surface area contributed by atoms with Crippen LogP contribution in [0.2, 0.25) is 5.02 Å². The Morgan fingerprint density at radius 1 is 1.00 bits per heavy atom. The van der Waals surface area contributed by atoms with Gasteiger partial charge in [-0.25, -0.2) is 14.8 Å². The Bertz CT molecular complexity index is 1090. The number of aromatic nitrogens is 1. The quantitative estimate of drug-likeness (QED) is 0.758. The predicted octanol–water partition coefficient (Wildman–Crippen LogP) is 1.87. The van der Waals surface area contributed by atoms with Gasteiger partial charge in [0.15, 0.2) is 0 Å². The number of urea groups is 1. The van der Waals surface area contributed by atoms with Gasteiger partial charge in [-0.2, -0.15) is 0 Å². The van der Waals surface area contributed by atoms with Crippen LogP contribution < -0.4 is 10.2 Å². The second-order valence-corrected chi connectivity index (χ2v) is 8.58. The van der Waals surface area contributed by atoms with E-state index < -0.39 is 6.03 Å². The van der Waals surface area contributed by atoms with Gasteiger partial charge in [-0.3, -0.25) is 24.8 Å². The van der Waals surface area contributed by atoms with E-state index in [9.17, 15) is 14.4 Å². The molecule has 2 saturated heterocycles. The highest BCUT2D eigenvalue weighted by Gasteiger charge is 2.37. The van der Waals surface area contributed by atoms with E-state index in [1.807, 2.05) is 24.3 Å². The number of carbonyl (C=O) groups is 3. The zero-order valence-electron chi connectivity index (χ0n) is 17.5. The van der Waals surface area contributed by atoms with Crippen molar-refractivity contribution in [3.8, 4) is 0 Å². The first-order chi connectivity index (χ1) is 15.5. The molecule has 1 aromatic heterocycles. The van der Waals surface area contributed by atoms with Crippen molar-refractivity contribution < 1.29 is 14.4 Å². The van der Waals surface area contributed by atoms with E-state index in [-0.39, 0.29) is 24.8 Å². The molecule has 4 amide bonds. The van der Waals surface area contributed by atoms with Crippen molar-refractivity contribution in [2.75, 3.05) is 37.6 Å². The van der Waals surface area contributed by atoms with Gasteiger partial charge in [0.25, 0.3) is 5.91 Å². The summed E-state index contributed by atoms with van der Waals surface area (Å²) in [6, 6.07) is 7.26. The predicted molar refractivity (Wildman–Crippen MR) is 118 cm³/mol. The van der Waals surface area contributed by atoms with E-state index in [1.54, 1.807) is 12.4 Å². The molecular formula is C22H23ClN6O3. The Balaban J connectivity index is 1.22. The van der Waals surface area contributed by atoms with Crippen LogP contribution in [0.4, 0.5) is 10.5 Å². The number of anilines is 1. The van der Waals surface area contributed by atoms with Crippen molar-refractivity contribution in [3.63, 3.8) is 0 Å². The molecule has 1 N–H and O–H groups in total. The fraction of sp³-hybridized carbons (Fsp3) is 0.364. The third-order valence-corrected chi connectivity index (χ3v) is 6.44. The third kappa shape index (κ3) is 3.89. The maximum Gasteiger partial charge on any atom is 0.342 e. The second kappa shape index (κ2) is 8.40. The van der Waals surface area contributed by atoms with Crippen LogP contribution in [0.5, 0.6) is 0 Å². The molecule has 0 unspecified atom stereocenters. The van der Waals surface area contributed by atoms with Gasteiger partial charge in [-0.15, -0.1) is 0 Å². The lowest BCUT2D eigenvalue weighted by molar-refractivity contribution is -0.123. The molecule has 9 nitrogen and oxygen atoms in total. The van der Waals surface area contributed by atoms with Gasteiger partial charge >= 0.3 is 6.03 Å². The first-order valence-electron chi connectivity index (χ1n) is 10.6. The number of pyridine rings is 1. The van der Waals surface area contributed by atoms with Crippen LogP contribution in [0.3, 0.4) is 0 Å². The zero-order valence-corrected chi connectivity index (χ0v) is 18.2. The maximum absolute atomic E-state index is 12.8. The molecule has 0 bridgehead atoms. The highest BCUT2D eigenvalue weighted by molar-refractivity contribution is 6.33. The monoisotopic (exact) mass is 454 g/mol. The summed E-state index contributed by atoms with van der Waals surface area (Å²) in [7, 11) is 0. The number of benzene rings is 1. The molecule has 0 spiro atoms. The molecule has 5 rings (SSSR count). The Labute approximate surface area is 190 Å². The van der Waals surface area contributed by atoms with Crippen molar-refractivity contribution in [1.29, 1.82) is 0 Å². The number of nitrogens with zero attached hydrogens (tertiary/aromatic N) is 5. The van der Waals surface area contributed by atoms with E-state index in [0.717, 1.165) is 49.5 Å². The number of rotatable bonds is 4. The number of hydrazine groups is 1. The lowest BCUT2D eigenvalue weighted by atomic mass is 10.1. The number of hydrogen-bond donors (Lipinski definition) is 1. The number of imide groups is 1. The highest BCUT2D eigenvalue weighted by Crippen LogP contribution is 2.28.